The molecule has 0 radical (unpaired) electrons. The maximum absolute atomic E-state index is 11.5. The fourth-order valence-electron chi connectivity index (χ4n) is 2.24. The van der Waals surface area contributed by atoms with Gasteiger partial charge in [-0.2, -0.15) is 0 Å². The number of ether oxygens (including phenoxy) is 1. The number of aliphatic carboxylic acids is 1. The summed E-state index contributed by atoms with van der Waals surface area (Å²) < 4.78 is 5.58. The first-order valence-corrected chi connectivity index (χ1v) is 7.12. The van der Waals surface area contributed by atoms with E-state index in [4.69, 9.17) is 16.3 Å². The molecule has 4 heteroatoms. The van der Waals surface area contributed by atoms with Crippen molar-refractivity contribution in [3.63, 3.8) is 0 Å². The van der Waals surface area contributed by atoms with E-state index >= 15 is 0 Å². The minimum atomic E-state index is -0.834. The zero-order chi connectivity index (χ0) is 15.2. The molecule has 0 fully saturated rings. The summed E-state index contributed by atoms with van der Waals surface area (Å²) in [7, 11) is 0. The molecular weight excluding hydrogens is 288 g/mol. The van der Waals surface area contributed by atoms with Gasteiger partial charge in [-0.3, -0.25) is 4.79 Å². The summed E-state index contributed by atoms with van der Waals surface area (Å²) in [6.45, 7) is 2.24. The molecule has 0 aliphatic heterocycles. The Balaban J connectivity index is 2.02. The van der Waals surface area contributed by atoms with Gasteiger partial charge in [-0.05, 0) is 42.7 Å². The molecule has 0 amide bonds. The van der Waals surface area contributed by atoms with Gasteiger partial charge in [-0.25, -0.2) is 0 Å². The Morgan fingerprint density at radius 3 is 2.67 bits per heavy atom. The Labute approximate surface area is 129 Å². The van der Waals surface area contributed by atoms with Crippen LogP contribution in [0, 0.1) is 6.92 Å². The minimum Gasteiger partial charge on any atom is -0.494 e. The van der Waals surface area contributed by atoms with Crippen LogP contribution in [-0.4, -0.2) is 17.7 Å². The Hall–Kier alpha value is -2.00. The summed E-state index contributed by atoms with van der Waals surface area (Å²) in [5.41, 5.74) is 1.81. The first-order chi connectivity index (χ1) is 10.1. The van der Waals surface area contributed by atoms with E-state index in [-0.39, 0.29) is 0 Å². The van der Waals surface area contributed by atoms with Crippen LogP contribution in [0.1, 0.15) is 23.5 Å². The quantitative estimate of drug-likeness (QED) is 0.866. The molecule has 1 N–H and O–H groups in total. The molecule has 0 aliphatic carbocycles. The molecule has 0 aromatic heterocycles. The van der Waals surface area contributed by atoms with Crippen LogP contribution in [0.15, 0.2) is 48.5 Å². The zero-order valence-corrected chi connectivity index (χ0v) is 12.5. The highest BCUT2D eigenvalue weighted by atomic mass is 35.5. The van der Waals surface area contributed by atoms with Gasteiger partial charge in [0, 0.05) is 5.02 Å². The molecule has 3 nitrogen and oxygen atoms in total. The lowest BCUT2D eigenvalue weighted by atomic mass is 9.92. The molecule has 2 rings (SSSR count). The predicted octanol–water partition coefficient (Wildman–Crippen LogP) is 4.29. The lowest BCUT2D eigenvalue weighted by Gasteiger charge is -2.15. The highest BCUT2D eigenvalue weighted by molar-refractivity contribution is 6.30. The van der Waals surface area contributed by atoms with Crippen molar-refractivity contribution in [2.45, 2.75) is 19.3 Å². The van der Waals surface area contributed by atoms with Crippen LogP contribution in [-0.2, 0) is 4.79 Å². The summed E-state index contributed by atoms with van der Waals surface area (Å²) in [6.07, 6.45) is 0.409. The standard InChI is InChI=1S/C17H17ClO3/c1-12-5-2-3-8-15(12)16(17(19)20)9-10-21-14-7-4-6-13(18)11-14/h2-8,11,16H,9-10H2,1H3,(H,19,20). The number of carboxylic acid groups (broad SMARTS) is 1. The van der Waals surface area contributed by atoms with E-state index in [0.29, 0.717) is 23.8 Å². The van der Waals surface area contributed by atoms with Gasteiger partial charge in [0.15, 0.2) is 0 Å². The van der Waals surface area contributed by atoms with Crippen molar-refractivity contribution in [2.24, 2.45) is 0 Å². The number of hydrogen-bond donors (Lipinski definition) is 1. The monoisotopic (exact) mass is 304 g/mol. The molecule has 0 saturated carbocycles. The predicted molar refractivity (Wildman–Crippen MR) is 83.1 cm³/mol. The molecule has 2 aromatic rings. The molecule has 0 bridgehead atoms. The fraction of sp³-hybridized carbons (Fsp3) is 0.235. The van der Waals surface area contributed by atoms with Crippen molar-refractivity contribution in [2.75, 3.05) is 6.61 Å². The van der Waals surface area contributed by atoms with E-state index in [1.165, 1.54) is 0 Å². The second-order valence-electron chi connectivity index (χ2n) is 4.84. The average molecular weight is 305 g/mol. The zero-order valence-electron chi connectivity index (χ0n) is 11.8. The molecule has 1 unspecified atom stereocenters. The van der Waals surface area contributed by atoms with E-state index in [9.17, 15) is 9.90 Å². The number of carboxylic acids is 1. The summed E-state index contributed by atoms with van der Waals surface area (Å²) in [6, 6.07) is 14.6. The largest absolute Gasteiger partial charge is 0.494 e. The average Bonchev–Trinajstić information content (AvgIpc) is 2.44. The number of carbonyl (C=O) groups is 1. The van der Waals surface area contributed by atoms with Crippen LogP contribution >= 0.6 is 11.6 Å². The smallest absolute Gasteiger partial charge is 0.311 e. The maximum atomic E-state index is 11.5. The summed E-state index contributed by atoms with van der Waals surface area (Å²) >= 11 is 5.88. The molecule has 2 aromatic carbocycles. The van der Waals surface area contributed by atoms with Crippen molar-refractivity contribution in [1.82, 2.24) is 0 Å². The van der Waals surface area contributed by atoms with Crippen molar-refractivity contribution in [1.29, 1.82) is 0 Å². The lowest BCUT2D eigenvalue weighted by Crippen LogP contribution is -2.16. The second kappa shape index (κ2) is 7.14. The number of hydrogen-bond acceptors (Lipinski definition) is 2. The Bertz CT molecular complexity index is 625. The van der Waals surface area contributed by atoms with Crippen molar-refractivity contribution >= 4 is 17.6 Å². The molecule has 0 saturated heterocycles. The molecule has 21 heavy (non-hydrogen) atoms. The van der Waals surface area contributed by atoms with Gasteiger partial charge in [0.2, 0.25) is 0 Å². The minimum absolute atomic E-state index is 0.325. The van der Waals surface area contributed by atoms with Gasteiger partial charge in [0.1, 0.15) is 5.75 Å². The van der Waals surface area contributed by atoms with E-state index in [1.807, 2.05) is 31.2 Å². The first kappa shape index (κ1) is 15.4. The number of benzene rings is 2. The van der Waals surface area contributed by atoms with Gasteiger partial charge < -0.3 is 9.84 Å². The van der Waals surface area contributed by atoms with Crippen LogP contribution in [0.4, 0.5) is 0 Å². The number of rotatable bonds is 6. The summed E-state index contributed by atoms with van der Waals surface area (Å²) in [4.78, 5) is 11.5. The Morgan fingerprint density at radius 2 is 2.00 bits per heavy atom. The third-order valence-corrected chi connectivity index (χ3v) is 3.57. The third kappa shape index (κ3) is 4.23. The molecular formula is C17H17ClO3. The van der Waals surface area contributed by atoms with Crippen molar-refractivity contribution in [3.05, 3.63) is 64.7 Å². The van der Waals surface area contributed by atoms with Gasteiger partial charge in [-0.15, -0.1) is 0 Å². The first-order valence-electron chi connectivity index (χ1n) is 6.74. The summed E-state index contributed by atoms with van der Waals surface area (Å²) in [5, 5.41) is 10.0. The second-order valence-corrected chi connectivity index (χ2v) is 5.28. The van der Waals surface area contributed by atoms with Gasteiger partial charge >= 0.3 is 5.97 Å². The van der Waals surface area contributed by atoms with Crippen molar-refractivity contribution < 1.29 is 14.6 Å². The number of aryl methyl sites for hydroxylation is 1. The maximum Gasteiger partial charge on any atom is 0.311 e. The van der Waals surface area contributed by atoms with Gasteiger partial charge in [-0.1, -0.05) is 41.9 Å². The van der Waals surface area contributed by atoms with Gasteiger partial charge in [0.05, 0.1) is 12.5 Å². The molecule has 0 spiro atoms. The third-order valence-electron chi connectivity index (χ3n) is 3.33. The van der Waals surface area contributed by atoms with E-state index in [0.717, 1.165) is 11.1 Å². The van der Waals surface area contributed by atoms with Crippen LogP contribution in [0.25, 0.3) is 0 Å². The molecule has 110 valence electrons. The molecule has 0 heterocycles. The van der Waals surface area contributed by atoms with Crippen molar-refractivity contribution in [3.8, 4) is 5.75 Å². The fourth-order valence-corrected chi connectivity index (χ4v) is 2.42. The summed E-state index contributed by atoms with van der Waals surface area (Å²) in [5.74, 6) is -0.749. The topological polar surface area (TPSA) is 46.5 Å². The molecule has 1 atom stereocenters. The van der Waals surface area contributed by atoms with Crippen LogP contribution < -0.4 is 4.74 Å². The van der Waals surface area contributed by atoms with E-state index in [1.54, 1.807) is 24.3 Å². The van der Waals surface area contributed by atoms with Crippen LogP contribution in [0.2, 0.25) is 5.02 Å². The number of halogens is 1. The van der Waals surface area contributed by atoms with Gasteiger partial charge in [0.25, 0.3) is 0 Å². The van der Waals surface area contributed by atoms with Crippen LogP contribution in [0.5, 0.6) is 5.75 Å². The highest BCUT2D eigenvalue weighted by Crippen LogP contribution is 2.24. The Morgan fingerprint density at radius 1 is 1.24 bits per heavy atom. The van der Waals surface area contributed by atoms with Crippen LogP contribution in [0.3, 0.4) is 0 Å². The highest BCUT2D eigenvalue weighted by Gasteiger charge is 2.21. The SMILES string of the molecule is Cc1ccccc1C(CCOc1cccc(Cl)c1)C(=O)O. The Kier molecular flexibility index (Phi) is 5.23. The lowest BCUT2D eigenvalue weighted by molar-refractivity contribution is -0.139. The normalized spacial score (nSPS) is 11.9. The van der Waals surface area contributed by atoms with E-state index < -0.39 is 11.9 Å². The molecule has 0 aliphatic rings. The van der Waals surface area contributed by atoms with E-state index in [2.05, 4.69) is 0 Å².